The number of aliphatic imine (C=N–C) groups is 1. The van der Waals surface area contributed by atoms with Crippen LogP contribution in [0.3, 0.4) is 0 Å². The Labute approximate surface area is 169 Å². The van der Waals surface area contributed by atoms with Crippen LogP contribution < -0.4 is 10.6 Å². The number of nitrogens with zero attached hydrogens (tertiary/aromatic N) is 2. The fraction of sp³-hybridized carbons (Fsp3) is 0.682. The van der Waals surface area contributed by atoms with Crippen LogP contribution >= 0.6 is 0 Å². The predicted octanol–water partition coefficient (Wildman–Crippen LogP) is 2.26. The molecular weight excluding hydrogens is 352 g/mol. The van der Waals surface area contributed by atoms with Gasteiger partial charge in [-0.1, -0.05) is 30.3 Å². The molecule has 0 amide bonds. The van der Waals surface area contributed by atoms with Crippen molar-refractivity contribution in [3.8, 4) is 0 Å². The van der Waals surface area contributed by atoms with Crippen molar-refractivity contribution in [3.63, 3.8) is 0 Å². The second-order valence-corrected chi connectivity index (χ2v) is 7.96. The number of nitrogens with one attached hydrogen (secondary N) is 2. The highest BCUT2D eigenvalue weighted by Gasteiger charge is 2.28. The maximum Gasteiger partial charge on any atom is 0.190 e. The molecule has 3 rings (SSSR count). The molecule has 0 saturated carbocycles. The van der Waals surface area contributed by atoms with E-state index in [0.717, 1.165) is 64.8 Å². The van der Waals surface area contributed by atoms with E-state index in [1.807, 2.05) is 7.05 Å². The Morgan fingerprint density at radius 1 is 1.29 bits per heavy atom. The molecule has 3 unspecified atom stereocenters. The van der Waals surface area contributed by atoms with Gasteiger partial charge >= 0.3 is 0 Å². The Kier molecular flexibility index (Phi) is 8.58. The molecule has 28 heavy (non-hydrogen) atoms. The minimum Gasteiger partial charge on any atom is -0.379 e. The molecule has 0 spiro atoms. The molecule has 3 atom stereocenters. The summed E-state index contributed by atoms with van der Waals surface area (Å²) in [7, 11) is 1.83. The van der Waals surface area contributed by atoms with E-state index in [2.05, 4.69) is 57.8 Å². The van der Waals surface area contributed by atoms with Crippen molar-refractivity contribution in [1.82, 2.24) is 15.5 Å². The average molecular weight is 389 g/mol. The Bertz CT molecular complexity index is 589. The van der Waals surface area contributed by atoms with Crippen LogP contribution in [-0.2, 0) is 16.0 Å². The lowest BCUT2D eigenvalue weighted by atomic mass is 10.1. The molecule has 0 aliphatic carbocycles. The Morgan fingerprint density at radius 2 is 2.14 bits per heavy atom. The second kappa shape index (κ2) is 11.4. The minimum atomic E-state index is 0.292. The Morgan fingerprint density at radius 3 is 2.89 bits per heavy atom. The number of benzene rings is 1. The van der Waals surface area contributed by atoms with Crippen LogP contribution in [0.1, 0.15) is 31.7 Å². The highest BCUT2D eigenvalue weighted by Crippen LogP contribution is 2.24. The highest BCUT2D eigenvalue weighted by molar-refractivity contribution is 5.79. The summed E-state index contributed by atoms with van der Waals surface area (Å²) in [4.78, 5) is 6.94. The molecule has 156 valence electrons. The van der Waals surface area contributed by atoms with Gasteiger partial charge in [0, 0.05) is 52.5 Å². The number of ether oxygens (including phenoxy) is 2. The van der Waals surface area contributed by atoms with Crippen molar-refractivity contribution < 1.29 is 9.47 Å². The zero-order valence-electron chi connectivity index (χ0n) is 17.4. The lowest BCUT2D eigenvalue weighted by molar-refractivity contribution is 0.0420. The molecule has 6 heteroatoms. The molecule has 2 saturated heterocycles. The van der Waals surface area contributed by atoms with E-state index in [1.165, 1.54) is 12.0 Å². The van der Waals surface area contributed by atoms with Gasteiger partial charge in [-0.2, -0.15) is 0 Å². The maximum atomic E-state index is 5.80. The van der Waals surface area contributed by atoms with Crippen molar-refractivity contribution in [2.45, 2.75) is 44.9 Å². The highest BCUT2D eigenvalue weighted by atomic mass is 16.5. The topological polar surface area (TPSA) is 58.1 Å². The fourth-order valence-corrected chi connectivity index (χ4v) is 4.04. The third-order valence-corrected chi connectivity index (χ3v) is 5.66. The number of likely N-dealkylation sites (tertiary alicyclic amines) is 1. The van der Waals surface area contributed by atoms with Gasteiger partial charge in [0.2, 0.25) is 0 Å². The zero-order chi connectivity index (χ0) is 19.6. The summed E-state index contributed by atoms with van der Waals surface area (Å²) in [5.41, 5.74) is 1.40. The minimum absolute atomic E-state index is 0.292. The van der Waals surface area contributed by atoms with Crippen LogP contribution in [0.2, 0.25) is 0 Å². The standard InChI is InChI=1S/C22H36N4O2/c1-18-13-20(16-26(18)15-19-7-4-3-5-8-19)14-25-22(23-2)24-10-6-11-28-21-9-12-27-17-21/h3-5,7-8,18,20-21H,6,9-17H2,1-2H3,(H2,23,24,25). The molecule has 2 fully saturated rings. The van der Waals surface area contributed by atoms with Gasteiger partial charge in [0.15, 0.2) is 5.96 Å². The van der Waals surface area contributed by atoms with Crippen LogP contribution in [-0.4, -0.2) is 69.5 Å². The maximum absolute atomic E-state index is 5.80. The molecule has 1 aromatic rings. The Balaban J connectivity index is 1.30. The van der Waals surface area contributed by atoms with E-state index in [-0.39, 0.29) is 0 Å². The summed E-state index contributed by atoms with van der Waals surface area (Å²) < 4.78 is 11.1. The van der Waals surface area contributed by atoms with Crippen LogP contribution in [0.25, 0.3) is 0 Å². The van der Waals surface area contributed by atoms with Gasteiger partial charge in [-0.15, -0.1) is 0 Å². The molecule has 2 heterocycles. The van der Waals surface area contributed by atoms with E-state index < -0.39 is 0 Å². The van der Waals surface area contributed by atoms with Gasteiger partial charge in [-0.05, 0) is 37.7 Å². The van der Waals surface area contributed by atoms with E-state index in [1.54, 1.807) is 0 Å². The van der Waals surface area contributed by atoms with Crippen molar-refractivity contribution in [2.75, 3.05) is 46.5 Å². The second-order valence-electron chi connectivity index (χ2n) is 7.96. The van der Waals surface area contributed by atoms with E-state index in [9.17, 15) is 0 Å². The summed E-state index contributed by atoms with van der Waals surface area (Å²) in [6.07, 6.45) is 3.52. The Hall–Kier alpha value is -1.63. The average Bonchev–Trinajstić information content (AvgIpc) is 3.35. The van der Waals surface area contributed by atoms with Gasteiger partial charge in [-0.25, -0.2) is 0 Å². The van der Waals surface area contributed by atoms with Gasteiger partial charge in [0.25, 0.3) is 0 Å². The number of guanidine groups is 1. The van der Waals surface area contributed by atoms with Gasteiger partial charge in [0.05, 0.1) is 12.7 Å². The quantitative estimate of drug-likeness (QED) is 0.386. The first-order valence-electron chi connectivity index (χ1n) is 10.7. The third-order valence-electron chi connectivity index (χ3n) is 5.66. The molecule has 1 aromatic carbocycles. The van der Waals surface area contributed by atoms with Gasteiger partial charge in [0.1, 0.15) is 0 Å². The van der Waals surface area contributed by atoms with E-state index in [0.29, 0.717) is 18.1 Å². The summed E-state index contributed by atoms with van der Waals surface area (Å²) in [5, 5.41) is 6.89. The van der Waals surface area contributed by atoms with E-state index in [4.69, 9.17) is 9.47 Å². The van der Waals surface area contributed by atoms with Crippen LogP contribution in [0.5, 0.6) is 0 Å². The molecule has 0 aromatic heterocycles. The SMILES string of the molecule is CN=C(NCCCOC1CCOC1)NCC1CC(C)N(Cc2ccccc2)C1. The van der Waals surface area contributed by atoms with Crippen LogP contribution in [0, 0.1) is 5.92 Å². The summed E-state index contributed by atoms with van der Waals surface area (Å²) in [6.45, 7) is 8.70. The smallest absolute Gasteiger partial charge is 0.190 e. The molecule has 0 radical (unpaired) electrons. The lowest BCUT2D eigenvalue weighted by Crippen LogP contribution is -2.40. The van der Waals surface area contributed by atoms with Crippen molar-refractivity contribution >= 4 is 5.96 Å². The van der Waals surface area contributed by atoms with Crippen molar-refractivity contribution in [1.29, 1.82) is 0 Å². The predicted molar refractivity (Wildman–Crippen MR) is 114 cm³/mol. The normalized spacial score (nSPS) is 25.9. The first kappa shape index (κ1) is 21.1. The monoisotopic (exact) mass is 388 g/mol. The summed E-state index contributed by atoms with van der Waals surface area (Å²) in [6, 6.07) is 11.4. The van der Waals surface area contributed by atoms with Crippen LogP contribution in [0.15, 0.2) is 35.3 Å². The number of rotatable bonds is 9. The fourth-order valence-electron chi connectivity index (χ4n) is 4.04. The molecule has 2 aliphatic rings. The van der Waals surface area contributed by atoms with Crippen LogP contribution in [0.4, 0.5) is 0 Å². The first-order chi connectivity index (χ1) is 13.7. The summed E-state index contributed by atoms with van der Waals surface area (Å²) >= 11 is 0. The molecule has 2 N–H and O–H groups in total. The zero-order valence-corrected chi connectivity index (χ0v) is 17.4. The van der Waals surface area contributed by atoms with E-state index >= 15 is 0 Å². The van der Waals surface area contributed by atoms with Crippen molar-refractivity contribution in [3.05, 3.63) is 35.9 Å². The molecule has 0 bridgehead atoms. The third kappa shape index (κ3) is 6.76. The van der Waals surface area contributed by atoms with Gasteiger partial charge in [-0.3, -0.25) is 9.89 Å². The molecular formula is C22H36N4O2. The number of hydrogen-bond donors (Lipinski definition) is 2. The lowest BCUT2D eigenvalue weighted by Gasteiger charge is -2.21. The number of hydrogen-bond acceptors (Lipinski definition) is 4. The molecule has 2 aliphatic heterocycles. The largest absolute Gasteiger partial charge is 0.379 e. The van der Waals surface area contributed by atoms with Crippen molar-refractivity contribution in [2.24, 2.45) is 10.9 Å². The van der Waals surface area contributed by atoms with Gasteiger partial charge < -0.3 is 20.1 Å². The molecule has 6 nitrogen and oxygen atoms in total. The first-order valence-corrected chi connectivity index (χ1v) is 10.7. The summed E-state index contributed by atoms with van der Waals surface area (Å²) in [5.74, 6) is 1.54.